The molecule has 1 aromatic heterocycles. The molecule has 2 amide bonds. The smallest absolute Gasteiger partial charge is 0.325 e. The molecule has 0 spiro atoms. The number of nitrogens with zero attached hydrogens (tertiary/aromatic N) is 2. The van der Waals surface area contributed by atoms with Crippen molar-refractivity contribution >= 4 is 17.8 Å². The fraction of sp³-hybridized carbons (Fsp3) is 0.444. The third kappa shape index (κ3) is 3.99. The van der Waals surface area contributed by atoms with E-state index in [2.05, 4.69) is 20.5 Å². The summed E-state index contributed by atoms with van der Waals surface area (Å²) in [7, 11) is 1.74. The molecule has 1 heterocycles. The van der Waals surface area contributed by atoms with Crippen molar-refractivity contribution in [3.8, 4) is 0 Å². The maximum Gasteiger partial charge on any atom is 0.325 e. The number of carbonyl (C=O) groups is 2. The number of aryl methyl sites for hydroxylation is 1. The van der Waals surface area contributed by atoms with E-state index in [1.54, 1.807) is 30.9 Å². The molecule has 7 nitrogen and oxygen atoms in total. The molecule has 0 radical (unpaired) electrons. The molecular formula is C9H14N4O3. The van der Waals surface area contributed by atoms with Crippen LogP contribution in [0.15, 0.2) is 12.3 Å². The van der Waals surface area contributed by atoms with Gasteiger partial charge in [0.05, 0.1) is 6.61 Å². The highest BCUT2D eigenvalue weighted by Gasteiger charge is 2.06. The van der Waals surface area contributed by atoms with Gasteiger partial charge in [0.1, 0.15) is 6.54 Å². The molecule has 88 valence electrons. The average molecular weight is 226 g/mol. The molecular weight excluding hydrogens is 212 g/mol. The minimum atomic E-state index is -0.494. The Hall–Kier alpha value is -2.05. The summed E-state index contributed by atoms with van der Waals surface area (Å²) in [6.45, 7) is 1.83. The van der Waals surface area contributed by atoms with Crippen LogP contribution in [0.1, 0.15) is 6.92 Å². The minimum absolute atomic E-state index is 0.160. The molecule has 0 atom stereocenters. The van der Waals surface area contributed by atoms with Crippen LogP contribution in [0.4, 0.5) is 10.6 Å². The van der Waals surface area contributed by atoms with E-state index in [1.807, 2.05) is 0 Å². The van der Waals surface area contributed by atoms with Crippen molar-refractivity contribution in [2.45, 2.75) is 6.92 Å². The van der Waals surface area contributed by atoms with Gasteiger partial charge in [-0.15, -0.1) is 0 Å². The number of ether oxygens (including phenoxy) is 1. The van der Waals surface area contributed by atoms with Crippen molar-refractivity contribution in [1.29, 1.82) is 0 Å². The van der Waals surface area contributed by atoms with Gasteiger partial charge in [-0.05, 0) is 6.92 Å². The second-order valence-corrected chi connectivity index (χ2v) is 2.99. The van der Waals surface area contributed by atoms with Gasteiger partial charge in [0.2, 0.25) is 0 Å². The van der Waals surface area contributed by atoms with E-state index in [0.29, 0.717) is 12.4 Å². The number of nitrogens with one attached hydrogen (secondary N) is 2. The topological polar surface area (TPSA) is 85.2 Å². The SMILES string of the molecule is CCOC(=O)CNC(=O)Nc1ccn(C)n1. The number of amides is 2. The first kappa shape index (κ1) is 12.0. The van der Waals surface area contributed by atoms with Gasteiger partial charge in [0.15, 0.2) is 5.82 Å². The van der Waals surface area contributed by atoms with Crippen molar-refractivity contribution in [1.82, 2.24) is 15.1 Å². The van der Waals surface area contributed by atoms with Crippen molar-refractivity contribution in [2.75, 3.05) is 18.5 Å². The maximum atomic E-state index is 11.3. The zero-order chi connectivity index (χ0) is 12.0. The Morgan fingerprint density at radius 3 is 2.88 bits per heavy atom. The van der Waals surface area contributed by atoms with Crippen LogP contribution in [0, 0.1) is 0 Å². The lowest BCUT2D eigenvalue weighted by Crippen LogP contribution is -2.34. The maximum absolute atomic E-state index is 11.3. The summed E-state index contributed by atoms with van der Waals surface area (Å²) >= 11 is 0. The van der Waals surface area contributed by atoms with Crippen molar-refractivity contribution in [3.63, 3.8) is 0 Å². The Balaban J connectivity index is 2.28. The Morgan fingerprint density at radius 2 is 2.31 bits per heavy atom. The van der Waals surface area contributed by atoms with Crippen LogP contribution in [0.25, 0.3) is 0 Å². The molecule has 0 aliphatic heterocycles. The van der Waals surface area contributed by atoms with Crippen molar-refractivity contribution < 1.29 is 14.3 Å². The predicted octanol–water partition coefficient (Wildman–Crippen LogP) is 0.105. The number of aromatic nitrogens is 2. The predicted molar refractivity (Wildman–Crippen MR) is 56.9 cm³/mol. The summed E-state index contributed by atoms with van der Waals surface area (Å²) in [5.41, 5.74) is 0. The van der Waals surface area contributed by atoms with Gasteiger partial charge in [-0.2, -0.15) is 5.10 Å². The van der Waals surface area contributed by atoms with Crippen LogP contribution in [0.2, 0.25) is 0 Å². The second kappa shape index (κ2) is 5.74. The zero-order valence-corrected chi connectivity index (χ0v) is 9.19. The second-order valence-electron chi connectivity index (χ2n) is 2.99. The molecule has 0 saturated heterocycles. The lowest BCUT2D eigenvalue weighted by atomic mass is 10.6. The standard InChI is InChI=1S/C9H14N4O3/c1-3-16-8(14)6-10-9(15)11-7-4-5-13(2)12-7/h4-5H,3,6H2,1-2H3,(H2,10,11,12,15). The van der Waals surface area contributed by atoms with Crippen molar-refractivity contribution in [3.05, 3.63) is 12.3 Å². The van der Waals surface area contributed by atoms with Crippen LogP contribution < -0.4 is 10.6 Å². The van der Waals surface area contributed by atoms with Crippen LogP contribution in [-0.2, 0) is 16.6 Å². The molecule has 0 saturated carbocycles. The lowest BCUT2D eigenvalue weighted by molar-refractivity contribution is -0.141. The van der Waals surface area contributed by atoms with Crippen molar-refractivity contribution in [2.24, 2.45) is 7.05 Å². The molecule has 2 N–H and O–H groups in total. The van der Waals surface area contributed by atoms with Crippen LogP contribution in [0.3, 0.4) is 0 Å². The van der Waals surface area contributed by atoms with Gasteiger partial charge in [-0.1, -0.05) is 0 Å². The normalized spacial score (nSPS) is 9.62. The molecule has 0 fully saturated rings. The summed E-state index contributed by atoms with van der Waals surface area (Å²) in [6, 6.07) is 1.15. The summed E-state index contributed by atoms with van der Waals surface area (Å²) in [6.07, 6.45) is 1.70. The molecule has 0 aromatic carbocycles. The van der Waals surface area contributed by atoms with Crippen LogP contribution >= 0.6 is 0 Å². The average Bonchev–Trinajstić information content (AvgIpc) is 2.61. The number of hydrogen-bond donors (Lipinski definition) is 2. The van der Waals surface area contributed by atoms with Crippen LogP contribution in [-0.4, -0.2) is 34.9 Å². The highest BCUT2D eigenvalue weighted by molar-refractivity contribution is 5.90. The molecule has 1 aromatic rings. The first-order valence-electron chi connectivity index (χ1n) is 4.82. The van der Waals surface area contributed by atoms with Gasteiger partial charge in [0.25, 0.3) is 0 Å². The number of anilines is 1. The van der Waals surface area contributed by atoms with Gasteiger partial charge in [-0.3, -0.25) is 14.8 Å². The van der Waals surface area contributed by atoms with E-state index >= 15 is 0 Å². The molecule has 0 aliphatic rings. The van der Waals surface area contributed by atoms with E-state index in [4.69, 9.17) is 0 Å². The largest absolute Gasteiger partial charge is 0.465 e. The van der Waals surface area contributed by atoms with Gasteiger partial charge in [-0.25, -0.2) is 4.79 Å². The highest BCUT2D eigenvalue weighted by Crippen LogP contribution is 1.99. The monoisotopic (exact) mass is 226 g/mol. The quantitative estimate of drug-likeness (QED) is 0.713. The molecule has 0 aliphatic carbocycles. The molecule has 16 heavy (non-hydrogen) atoms. The van der Waals surface area contributed by atoms with E-state index in [9.17, 15) is 9.59 Å². The van der Waals surface area contributed by atoms with Gasteiger partial charge >= 0.3 is 12.0 Å². The minimum Gasteiger partial charge on any atom is -0.465 e. The lowest BCUT2D eigenvalue weighted by Gasteiger charge is -2.04. The van der Waals surface area contributed by atoms with E-state index < -0.39 is 12.0 Å². The Kier molecular flexibility index (Phi) is 4.31. The molecule has 7 heteroatoms. The number of hydrogen-bond acceptors (Lipinski definition) is 4. The third-order valence-corrected chi connectivity index (χ3v) is 1.65. The number of rotatable bonds is 4. The highest BCUT2D eigenvalue weighted by atomic mass is 16.5. The van der Waals surface area contributed by atoms with E-state index in [0.717, 1.165) is 0 Å². The van der Waals surface area contributed by atoms with E-state index in [1.165, 1.54) is 0 Å². The number of carbonyl (C=O) groups excluding carboxylic acids is 2. The molecule has 0 unspecified atom stereocenters. The fourth-order valence-electron chi connectivity index (χ4n) is 1.01. The van der Waals surface area contributed by atoms with E-state index in [-0.39, 0.29) is 6.54 Å². The zero-order valence-electron chi connectivity index (χ0n) is 9.19. The van der Waals surface area contributed by atoms with Gasteiger partial charge < -0.3 is 10.1 Å². The first-order valence-corrected chi connectivity index (χ1v) is 4.82. The molecule has 1 rings (SSSR count). The Bertz CT molecular complexity index is 375. The molecule has 0 bridgehead atoms. The third-order valence-electron chi connectivity index (χ3n) is 1.65. The summed E-state index contributed by atoms with van der Waals surface area (Å²) in [5.74, 6) is -0.0532. The summed E-state index contributed by atoms with van der Waals surface area (Å²) in [4.78, 5) is 22.2. The number of esters is 1. The number of urea groups is 1. The summed E-state index contributed by atoms with van der Waals surface area (Å²) < 4.78 is 6.20. The fourth-order valence-corrected chi connectivity index (χ4v) is 1.01. The van der Waals surface area contributed by atoms with Gasteiger partial charge in [0, 0.05) is 19.3 Å². The Morgan fingerprint density at radius 1 is 1.56 bits per heavy atom. The Labute approximate surface area is 92.8 Å². The first-order chi connectivity index (χ1) is 7.61. The summed E-state index contributed by atoms with van der Waals surface area (Å²) in [5, 5.41) is 8.76. The van der Waals surface area contributed by atoms with Crippen LogP contribution in [0.5, 0.6) is 0 Å².